The van der Waals surface area contributed by atoms with Gasteiger partial charge in [-0.05, 0) is 35.9 Å². The Balaban J connectivity index is 1.63. The fourth-order valence-electron chi connectivity index (χ4n) is 2.88. The quantitative estimate of drug-likeness (QED) is 0.845. The number of nitrogens with zero attached hydrogens (tertiary/aromatic N) is 1. The van der Waals surface area contributed by atoms with Gasteiger partial charge in [-0.15, -0.1) is 0 Å². The number of hydrogen-bond acceptors (Lipinski definition) is 6. The number of ether oxygens (including phenoxy) is 5. The molecule has 4 rings (SSSR count). The predicted molar refractivity (Wildman–Crippen MR) is 87.9 cm³/mol. The van der Waals surface area contributed by atoms with E-state index in [1.54, 1.807) is 21.3 Å². The summed E-state index contributed by atoms with van der Waals surface area (Å²) in [7, 11) is 4.80. The van der Waals surface area contributed by atoms with E-state index in [9.17, 15) is 0 Å². The highest BCUT2D eigenvalue weighted by Crippen LogP contribution is 2.45. The Bertz CT molecular complexity index is 805. The third kappa shape index (κ3) is 2.31. The van der Waals surface area contributed by atoms with Gasteiger partial charge in [-0.2, -0.15) is 0 Å². The Morgan fingerprint density at radius 2 is 1.62 bits per heavy atom. The number of methoxy groups -OCH3 is 3. The van der Waals surface area contributed by atoms with Gasteiger partial charge in [0, 0.05) is 5.56 Å². The van der Waals surface area contributed by atoms with E-state index in [1.807, 2.05) is 30.3 Å². The largest absolute Gasteiger partial charge is 0.493 e. The monoisotopic (exact) mass is 327 g/mol. The molecule has 1 unspecified atom stereocenters. The normalized spacial score (nSPS) is 17.3. The Morgan fingerprint density at radius 1 is 0.917 bits per heavy atom. The molecule has 0 saturated carbocycles. The van der Waals surface area contributed by atoms with Crippen LogP contribution < -0.4 is 23.7 Å². The van der Waals surface area contributed by atoms with E-state index in [1.165, 1.54) is 0 Å². The molecule has 2 aromatic carbocycles. The molecule has 0 spiro atoms. The van der Waals surface area contributed by atoms with Gasteiger partial charge in [0.1, 0.15) is 6.04 Å². The molecule has 2 aliphatic rings. The van der Waals surface area contributed by atoms with Crippen LogP contribution in [-0.4, -0.2) is 33.8 Å². The van der Waals surface area contributed by atoms with Crippen LogP contribution in [0.25, 0.3) is 0 Å². The molecule has 6 nitrogen and oxygen atoms in total. The van der Waals surface area contributed by atoms with Crippen molar-refractivity contribution in [3.8, 4) is 28.7 Å². The highest BCUT2D eigenvalue weighted by molar-refractivity contribution is 6.14. The van der Waals surface area contributed by atoms with Crippen molar-refractivity contribution in [1.82, 2.24) is 0 Å². The van der Waals surface area contributed by atoms with Crippen molar-refractivity contribution in [2.45, 2.75) is 6.04 Å². The summed E-state index contributed by atoms with van der Waals surface area (Å²) in [5.41, 5.74) is 3.03. The van der Waals surface area contributed by atoms with Crippen LogP contribution in [0.15, 0.2) is 35.3 Å². The number of rotatable bonds is 5. The average molecular weight is 327 g/mol. The topological polar surface area (TPSA) is 58.5 Å². The molecule has 6 heteroatoms. The van der Waals surface area contributed by atoms with Crippen LogP contribution in [0, 0.1) is 0 Å². The Kier molecular flexibility index (Phi) is 3.45. The second-order valence-electron chi connectivity index (χ2n) is 5.44. The Morgan fingerprint density at radius 3 is 2.29 bits per heavy atom. The lowest BCUT2D eigenvalue weighted by atomic mass is 10.0. The smallest absolute Gasteiger partial charge is 0.231 e. The van der Waals surface area contributed by atoms with Crippen molar-refractivity contribution in [3.63, 3.8) is 0 Å². The Labute approximate surface area is 139 Å². The number of benzene rings is 2. The molecular formula is C18H17NO5. The molecule has 0 fully saturated rings. The molecule has 2 aromatic rings. The molecule has 2 aliphatic heterocycles. The van der Waals surface area contributed by atoms with Gasteiger partial charge >= 0.3 is 0 Å². The van der Waals surface area contributed by atoms with Gasteiger partial charge in [0.05, 0.1) is 27.0 Å². The van der Waals surface area contributed by atoms with Gasteiger partial charge in [-0.3, -0.25) is 4.99 Å². The third-order valence-electron chi connectivity index (χ3n) is 4.13. The van der Waals surface area contributed by atoms with Crippen molar-refractivity contribution >= 4 is 5.71 Å². The standard InChI is InChI=1S/C18H17NO5/c1-20-14-7-11(8-15(21-2)18(14)22-3)17-16(19-17)10-4-5-12-13(6-10)24-9-23-12/h4-8,17H,9H2,1-3H3. The number of aliphatic imine (C=N–C) groups is 1. The van der Waals surface area contributed by atoms with Gasteiger partial charge in [0.2, 0.25) is 12.5 Å². The van der Waals surface area contributed by atoms with Crippen molar-refractivity contribution < 1.29 is 23.7 Å². The minimum Gasteiger partial charge on any atom is -0.493 e. The first kappa shape index (κ1) is 14.7. The molecule has 0 N–H and O–H groups in total. The average Bonchev–Trinajstić information content (AvgIpc) is 3.29. The molecule has 1 atom stereocenters. The highest BCUT2D eigenvalue weighted by atomic mass is 16.7. The maximum atomic E-state index is 5.43. The van der Waals surface area contributed by atoms with Gasteiger partial charge in [-0.1, -0.05) is 0 Å². The van der Waals surface area contributed by atoms with E-state index in [0.29, 0.717) is 17.2 Å². The first-order chi connectivity index (χ1) is 11.7. The molecule has 2 heterocycles. The summed E-state index contributed by atoms with van der Waals surface area (Å²) >= 11 is 0. The van der Waals surface area contributed by atoms with E-state index in [0.717, 1.165) is 28.3 Å². The van der Waals surface area contributed by atoms with E-state index >= 15 is 0 Å². The summed E-state index contributed by atoms with van der Waals surface area (Å²) < 4.78 is 26.9. The van der Waals surface area contributed by atoms with Crippen LogP contribution in [0.1, 0.15) is 17.2 Å². The first-order valence-electron chi connectivity index (χ1n) is 7.52. The summed E-state index contributed by atoms with van der Waals surface area (Å²) in [6, 6.07) is 9.69. The van der Waals surface area contributed by atoms with Crippen molar-refractivity contribution in [3.05, 3.63) is 41.5 Å². The van der Waals surface area contributed by atoms with E-state index < -0.39 is 0 Å². The summed E-state index contributed by atoms with van der Waals surface area (Å²) in [4.78, 5) is 4.60. The second-order valence-corrected chi connectivity index (χ2v) is 5.44. The summed E-state index contributed by atoms with van der Waals surface area (Å²) in [5.74, 6) is 3.35. The molecule has 0 aromatic heterocycles. The molecular weight excluding hydrogens is 310 g/mol. The van der Waals surface area contributed by atoms with Crippen LogP contribution in [0.2, 0.25) is 0 Å². The SMILES string of the molecule is COc1cc(C2N=C2c2ccc3c(c2)OCO3)cc(OC)c1OC. The lowest BCUT2D eigenvalue weighted by molar-refractivity contribution is 0.174. The van der Waals surface area contributed by atoms with E-state index in [4.69, 9.17) is 23.7 Å². The second kappa shape index (κ2) is 5.63. The van der Waals surface area contributed by atoms with Crippen molar-refractivity contribution in [2.75, 3.05) is 28.1 Å². The highest BCUT2D eigenvalue weighted by Gasteiger charge is 2.33. The van der Waals surface area contributed by atoms with Crippen LogP contribution in [0.4, 0.5) is 0 Å². The summed E-state index contributed by atoms with van der Waals surface area (Å²) in [5, 5.41) is 0. The molecule has 0 saturated heterocycles. The van der Waals surface area contributed by atoms with Gasteiger partial charge in [-0.25, -0.2) is 0 Å². The zero-order valence-corrected chi connectivity index (χ0v) is 13.7. The summed E-state index contributed by atoms with van der Waals surface area (Å²) in [6.07, 6.45) is 0. The molecule has 0 amide bonds. The summed E-state index contributed by atoms with van der Waals surface area (Å²) in [6.45, 7) is 0.265. The molecule has 124 valence electrons. The maximum absolute atomic E-state index is 5.43. The zero-order valence-electron chi connectivity index (χ0n) is 13.7. The van der Waals surface area contributed by atoms with Crippen LogP contribution in [-0.2, 0) is 0 Å². The molecule has 0 bridgehead atoms. The van der Waals surface area contributed by atoms with Gasteiger partial charge < -0.3 is 23.7 Å². The maximum Gasteiger partial charge on any atom is 0.231 e. The van der Waals surface area contributed by atoms with Crippen LogP contribution in [0.3, 0.4) is 0 Å². The first-order valence-corrected chi connectivity index (χ1v) is 7.52. The zero-order chi connectivity index (χ0) is 16.7. The fourth-order valence-corrected chi connectivity index (χ4v) is 2.88. The Hall–Kier alpha value is -2.89. The molecule has 24 heavy (non-hydrogen) atoms. The minimum atomic E-state index is -0.0147. The van der Waals surface area contributed by atoms with Crippen LogP contribution in [0.5, 0.6) is 28.7 Å². The lowest BCUT2D eigenvalue weighted by Crippen LogP contribution is -1.99. The van der Waals surface area contributed by atoms with Gasteiger partial charge in [0.25, 0.3) is 0 Å². The predicted octanol–water partition coefficient (Wildman–Crippen LogP) is 2.99. The fraction of sp³-hybridized carbons (Fsp3) is 0.278. The molecule has 0 aliphatic carbocycles. The third-order valence-corrected chi connectivity index (χ3v) is 4.13. The van der Waals surface area contributed by atoms with Crippen molar-refractivity contribution in [2.24, 2.45) is 4.99 Å². The minimum absolute atomic E-state index is 0.0147. The van der Waals surface area contributed by atoms with Gasteiger partial charge in [0.15, 0.2) is 23.0 Å². The van der Waals surface area contributed by atoms with E-state index in [-0.39, 0.29) is 12.8 Å². The lowest BCUT2D eigenvalue weighted by Gasteiger charge is -2.13. The van der Waals surface area contributed by atoms with E-state index in [2.05, 4.69) is 4.99 Å². The number of fused-ring (bicyclic) bond motifs is 1. The van der Waals surface area contributed by atoms with Crippen LogP contribution >= 0.6 is 0 Å². The number of hydrogen-bond donors (Lipinski definition) is 0. The molecule has 0 radical (unpaired) electrons. The van der Waals surface area contributed by atoms with Crippen molar-refractivity contribution in [1.29, 1.82) is 0 Å².